The molecule has 1 aliphatic heterocycles. The first kappa shape index (κ1) is 23.1. The predicted molar refractivity (Wildman–Crippen MR) is 120 cm³/mol. The highest BCUT2D eigenvalue weighted by Gasteiger charge is 2.40. The van der Waals surface area contributed by atoms with Crippen LogP contribution in [0.1, 0.15) is 25.3 Å². The second kappa shape index (κ2) is 10.6. The van der Waals surface area contributed by atoms with Crippen molar-refractivity contribution in [3.63, 3.8) is 0 Å². The SMILES string of the molecule is C[C@H](N)C(=O)N1CCC[C@H]1C(=O)N[C@@H](Cc1ccccc1)C(=O)N([N+]=O)c1ccccc1. The Kier molecular flexibility index (Phi) is 7.67. The molecule has 167 valence electrons. The number of hydrogen-bond donors (Lipinski definition) is 2. The number of nitrogens with one attached hydrogen (secondary N) is 1. The van der Waals surface area contributed by atoms with Crippen LogP contribution in [0, 0.1) is 4.91 Å². The van der Waals surface area contributed by atoms with E-state index in [-0.39, 0.29) is 12.3 Å². The number of hydrogen-bond acceptors (Lipinski definition) is 6. The summed E-state index contributed by atoms with van der Waals surface area (Å²) in [5, 5.41) is 6.39. The molecular formula is C23H27N5O4+. The van der Waals surface area contributed by atoms with Gasteiger partial charge in [0, 0.05) is 18.0 Å². The molecule has 0 aliphatic carbocycles. The van der Waals surface area contributed by atoms with Gasteiger partial charge in [-0.3, -0.25) is 14.4 Å². The summed E-state index contributed by atoms with van der Waals surface area (Å²) in [5.41, 5.74) is 6.83. The number of rotatable bonds is 8. The monoisotopic (exact) mass is 437 g/mol. The average Bonchev–Trinajstić information content (AvgIpc) is 3.30. The van der Waals surface area contributed by atoms with E-state index in [1.165, 1.54) is 4.90 Å². The number of carbonyl (C=O) groups excluding carboxylic acids is 3. The van der Waals surface area contributed by atoms with Gasteiger partial charge in [-0.1, -0.05) is 48.5 Å². The van der Waals surface area contributed by atoms with Gasteiger partial charge in [0.2, 0.25) is 11.8 Å². The summed E-state index contributed by atoms with van der Waals surface area (Å²) in [7, 11) is 0. The molecule has 3 N–H and O–H groups in total. The third-order valence-electron chi connectivity index (χ3n) is 5.42. The minimum atomic E-state index is -1.05. The summed E-state index contributed by atoms with van der Waals surface area (Å²) < 4.78 is 0. The summed E-state index contributed by atoms with van der Waals surface area (Å²) in [6, 6.07) is 15.0. The van der Waals surface area contributed by atoms with Crippen LogP contribution in [0.15, 0.2) is 60.7 Å². The van der Waals surface area contributed by atoms with E-state index in [4.69, 9.17) is 5.73 Å². The van der Waals surface area contributed by atoms with Crippen LogP contribution in [0.4, 0.5) is 5.69 Å². The second-order valence-corrected chi connectivity index (χ2v) is 7.80. The van der Waals surface area contributed by atoms with Crippen molar-refractivity contribution in [2.45, 2.75) is 44.3 Å². The standard InChI is InChI=1S/C23H27N5O4/c1-16(24)22(30)27-14-8-13-20(27)21(29)25-19(15-17-9-4-2-5-10-17)23(31)28(26-32)18-11-6-3-7-12-18/h2-7,9-12,16,19-20H,8,13-15,24H2,1H3,(H,25,29)/q+1/t16-,19-,20-/m0/s1. The Morgan fingerprint density at radius 3 is 2.34 bits per heavy atom. The van der Waals surface area contributed by atoms with Crippen molar-refractivity contribution in [2.24, 2.45) is 5.73 Å². The first-order valence-electron chi connectivity index (χ1n) is 10.5. The lowest BCUT2D eigenvalue weighted by molar-refractivity contribution is -0.140. The highest BCUT2D eigenvalue weighted by molar-refractivity contribution is 5.99. The third-order valence-corrected chi connectivity index (χ3v) is 5.42. The maximum absolute atomic E-state index is 13.3. The fraction of sp³-hybridized carbons (Fsp3) is 0.348. The summed E-state index contributed by atoms with van der Waals surface area (Å²) in [5.74, 6) is -1.43. The molecule has 3 atom stereocenters. The van der Waals surface area contributed by atoms with E-state index in [0.29, 0.717) is 25.1 Å². The van der Waals surface area contributed by atoms with Gasteiger partial charge in [0.15, 0.2) is 0 Å². The number of benzene rings is 2. The van der Waals surface area contributed by atoms with E-state index in [1.807, 2.05) is 30.3 Å². The minimum Gasteiger partial charge on any atom is -0.342 e. The summed E-state index contributed by atoms with van der Waals surface area (Å²) >= 11 is 0. The van der Waals surface area contributed by atoms with Gasteiger partial charge in [-0.2, -0.15) is 0 Å². The van der Waals surface area contributed by atoms with Crippen molar-refractivity contribution >= 4 is 23.4 Å². The third kappa shape index (κ3) is 5.36. The lowest BCUT2D eigenvalue weighted by atomic mass is 10.0. The fourth-order valence-corrected chi connectivity index (χ4v) is 3.81. The molecule has 1 saturated heterocycles. The highest BCUT2D eigenvalue weighted by atomic mass is 16.3. The van der Waals surface area contributed by atoms with Crippen LogP contribution in [0.2, 0.25) is 0 Å². The Labute approximate surface area is 186 Å². The molecule has 3 rings (SSSR count). The molecule has 3 amide bonds. The Morgan fingerprint density at radius 1 is 1.12 bits per heavy atom. The van der Waals surface area contributed by atoms with Crippen molar-refractivity contribution in [3.05, 3.63) is 71.1 Å². The molecule has 9 heteroatoms. The average molecular weight is 438 g/mol. The van der Waals surface area contributed by atoms with Crippen molar-refractivity contribution in [3.8, 4) is 0 Å². The molecule has 1 radical (unpaired) electrons. The first-order valence-corrected chi connectivity index (χ1v) is 10.5. The molecular weight excluding hydrogens is 410 g/mol. The quantitative estimate of drug-likeness (QED) is 0.598. The van der Waals surface area contributed by atoms with E-state index in [9.17, 15) is 19.3 Å². The number of nitrogens with two attached hydrogens (primary N) is 1. The van der Waals surface area contributed by atoms with Gasteiger partial charge in [-0.05, 0) is 37.5 Å². The van der Waals surface area contributed by atoms with E-state index >= 15 is 0 Å². The van der Waals surface area contributed by atoms with Crippen LogP contribution in [0.3, 0.4) is 0 Å². The van der Waals surface area contributed by atoms with Crippen LogP contribution >= 0.6 is 0 Å². The molecule has 1 heterocycles. The molecule has 0 aromatic heterocycles. The summed E-state index contributed by atoms with van der Waals surface area (Å²) in [4.78, 5) is 51.8. The number of anilines is 1. The number of nitrogens with zero attached hydrogens (tertiary/aromatic N) is 3. The normalized spacial score (nSPS) is 17.3. The maximum Gasteiger partial charge on any atom is 0.494 e. The molecule has 0 bridgehead atoms. The Morgan fingerprint density at radius 2 is 1.75 bits per heavy atom. The zero-order valence-corrected chi connectivity index (χ0v) is 17.9. The topological polar surface area (TPSA) is 127 Å². The van der Waals surface area contributed by atoms with Crippen LogP contribution in [0.5, 0.6) is 0 Å². The van der Waals surface area contributed by atoms with Crippen LogP contribution < -0.4 is 21.3 Å². The minimum absolute atomic E-state index is 0.165. The number of likely N-dealkylation sites (tertiary alicyclic amines) is 1. The van der Waals surface area contributed by atoms with Crippen LogP contribution in [0.25, 0.3) is 0 Å². The molecule has 0 unspecified atom stereocenters. The van der Waals surface area contributed by atoms with Gasteiger partial charge in [-0.25, -0.2) is 0 Å². The van der Waals surface area contributed by atoms with Crippen LogP contribution in [-0.2, 0) is 20.8 Å². The second-order valence-electron chi connectivity index (χ2n) is 7.80. The van der Waals surface area contributed by atoms with Crippen molar-refractivity contribution < 1.29 is 14.4 Å². The lowest BCUT2D eigenvalue weighted by Gasteiger charge is -2.27. The summed E-state index contributed by atoms with van der Waals surface area (Å²) in [6.45, 7) is 2.01. The smallest absolute Gasteiger partial charge is 0.342 e. The van der Waals surface area contributed by atoms with Gasteiger partial charge < -0.3 is 16.0 Å². The molecule has 2 aromatic carbocycles. The molecule has 0 saturated carbocycles. The molecule has 1 aliphatic rings. The Bertz CT molecular complexity index is 951. The predicted octanol–water partition coefficient (Wildman–Crippen LogP) is 1.10. The molecule has 32 heavy (non-hydrogen) atoms. The van der Waals surface area contributed by atoms with Crippen LogP contribution in [-0.4, -0.2) is 47.3 Å². The van der Waals surface area contributed by atoms with Gasteiger partial charge >= 0.3 is 11.2 Å². The van der Waals surface area contributed by atoms with E-state index in [1.54, 1.807) is 37.3 Å². The van der Waals surface area contributed by atoms with Crippen molar-refractivity contribution in [1.29, 1.82) is 0 Å². The van der Waals surface area contributed by atoms with E-state index in [0.717, 1.165) is 10.6 Å². The summed E-state index contributed by atoms with van der Waals surface area (Å²) in [6.07, 6.45) is 1.31. The number of amides is 3. The van der Waals surface area contributed by atoms with Crippen molar-refractivity contribution in [2.75, 3.05) is 11.6 Å². The van der Waals surface area contributed by atoms with Gasteiger partial charge in [-0.15, -0.1) is 0 Å². The van der Waals surface area contributed by atoms with Gasteiger partial charge in [0.25, 0.3) is 0 Å². The fourth-order valence-electron chi connectivity index (χ4n) is 3.81. The number of para-hydroxylation sites is 1. The van der Waals surface area contributed by atoms with E-state index < -0.39 is 29.9 Å². The molecule has 1 fully saturated rings. The zero-order valence-electron chi connectivity index (χ0n) is 17.9. The molecule has 2 aromatic rings. The lowest BCUT2D eigenvalue weighted by Crippen LogP contribution is -2.56. The number of carbonyl (C=O) groups is 3. The zero-order chi connectivity index (χ0) is 23.1. The van der Waals surface area contributed by atoms with Gasteiger partial charge in [0.1, 0.15) is 22.7 Å². The highest BCUT2D eigenvalue weighted by Crippen LogP contribution is 2.20. The molecule has 9 nitrogen and oxygen atoms in total. The van der Waals surface area contributed by atoms with Gasteiger partial charge in [0.05, 0.1) is 6.04 Å². The van der Waals surface area contributed by atoms with Crippen molar-refractivity contribution in [1.82, 2.24) is 15.5 Å². The maximum atomic E-state index is 13.3. The Balaban J connectivity index is 1.84. The largest absolute Gasteiger partial charge is 0.494 e. The first-order chi connectivity index (χ1) is 15.4. The Hall–Kier alpha value is -3.59. The van der Waals surface area contributed by atoms with E-state index in [2.05, 4.69) is 10.6 Å². The molecule has 0 spiro atoms. The number of nitroso groups, excluding NO2 is 1.